The van der Waals surface area contributed by atoms with E-state index in [-0.39, 0.29) is 11.7 Å². The van der Waals surface area contributed by atoms with Crippen molar-refractivity contribution in [2.24, 2.45) is 5.92 Å². The molecule has 0 aromatic carbocycles. The monoisotopic (exact) mass is 307 g/mol. The summed E-state index contributed by atoms with van der Waals surface area (Å²) in [6, 6.07) is 0. The molecule has 0 spiro atoms. The van der Waals surface area contributed by atoms with E-state index < -0.39 is 0 Å². The average Bonchev–Trinajstić information content (AvgIpc) is 3.20. The summed E-state index contributed by atoms with van der Waals surface area (Å²) in [5.41, 5.74) is -0.230. The number of likely N-dealkylation sites (tertiary alicyclic amines) is 1. The van der Waals surface area contributed by atoms with Gasteiger partial charge in [-0.25, -0.2) is 4.79 Å². The second-order valence-electron chi connectivity index (χ2n) is 7.76. The van der Waals surface area contributed by atoms with Crippen LogP contribution in [0.15, 0.2) is 0 Å². The highest BCUT2D eigenvalue weighted by atomic mass is 16.6. The van der Waals surface area contributed by atoms with Crippen LogP contribution in [0, 0.1) is 5.92 Å². The normalized spacial score (nSPS) is 37.3. The lowest BCUT2D eigenvalue weighted by molar-refractivity contribution is -0.0900. The van der Waals surface area contributed by atoms with Crippen LogP contribution in [0.1, 0.15) is 70.6 Å². The number of nitrogens with zero attached hydrogens (tertiary/aromatic N) is 1. The van der Waals surface area contributed by atoms with Crippen molar-refractivity contribution in [3.63, 3.8) is 0 Å². The lowest BCUT2D eigenvalue weighted by atomic mass is 9.69. The number of carbonyl (C=O) groups is 1. The van der Waals surface area contributed by atoms with E-state index >= 15 is 0 Å². The van der Waals surface area contributed by atoms with Gasteiger partial charge in [0.05, 0.1) is 12.2 Å². The first-order chi connectivity index (χ1) is 10.8. The van der Waals surface area contributed by atoms with Gasteiger partial charge in [-0.3, -0.25) is 0 Å². The van der Waals surface area contributed by atoms with Crippen LogP contribution in [0.25, 0.3) is 0 Å². The molecule has 1 amide bonds. The second-order valence-corrected chi connectivity index (χ2v) is 7.76. The second kappa shape index (κ2) is 6.03. The number of hydrogen-bond acceptors (Lipinski definition) is 3. The van der Waals surface area contributed by atoms with E-state index in [0.29, 0.717) is 18.1 Å². The van der Waals surface area contributed by atoms with E-state index in [1.807, 2.05) is 4.90 Å². The van der Waals surface area contributed by atoms with Crippen LogP contribution in [0.4, 0.5) is 4.79 Å². The highest BCUT2D eigenvalue weighted by molar-refractivity contribution is 5.68. The van der Waals surface area contributed by atoms with Crippen molar-refractivity contribution >= 4 is 6.09 Å². The quantitative estimate of drug-likeness (QED) is 0.777. The topological polar surface area (TPSA) is 38.8 Å². The molecule has 4 nitrogen and oxygen atoms in total. The molecule has 22 heavy (non-hydrogen) atoms. The van der Waals surface area contributed by atoms with Crippen molar-refractivity contribution in [1.29, 1.82) is 0 Å². The Balaban J connectivity index is 1.49. The van der Waals surface area contributed by atoms with Crippen LogP contribution in [0.3, 0.4) is 0 Å². The molecule has 1 saturated carbocycles. The van der Waals surface area contributed by atoms with Gasteiger partial charge < -0.3 is 14.4 Å². The van der Waals surface area contributed by atoms with Gasteiger partial charge in [0.2, 0.25) is 0 Å². The predicted octanol–water partition coefficient (Wildman–Crippen LogP) is 3.88. The Morgan fingerprint density at radius 2 is 1.73 bits per heavy atom. The summed E-state index contributed by atoms with van der Waals surface area (Å²) in [6.07, 6.45) is 13.5. The van der Waals surface area contributed by atoms with E-state index in [4.69, 9.17) is 9.47 Å². The number of ether oxygens (including phenoxy) is 2. The lowest BCUT2D eigenvalue weighted by Crippen LogP contribution is -2.51. The van der Waals surface area contributed by atoms with Crippen LogP contribution >= 0.6 is 0 Å². The Labute approximate surface area is 133 Å². The molecule has 2 bridgehead atoms. The van der Waals surface area contributed by atoms with E-state index in [2.05, 4.69) is 0 Å². The Bertz CT molecular complexity index is 413. The molecule has 3 unspecified atom stereocenters. The molecule has 4 rings (SSSR count). The summed E-state index contributed by atoms with van der Waals surface area (Å²) in [4.78, 5) is 14.6. The molecule has 4 fully saturated rings. The predicted molar refractivity (Wildman–Crippen MR) is 83.7 cm³/mol. The Kier molecular flexibility index (Phi) is 4.05. The molecular formula is C18H29NO3. The Morgan fingerprint density at radius 3 is 2.36 bits per heavy atom. The summed E-state index contributed by atoms with van der Waals surface area (Å²) >= 11 is 0. The zero-order chi connectivity index (χ0) is 15.0. The van der Waals surface area contributed by atoms with Gasteiger partial charge in [0.1, 0.15) is 5.60 Å². The fourth-order valence-corrected chi connectivity index (χ4v) is 5.21. The molecule has 3 aliphatic heterocycles. The fraction of sp³-hybridized carbons (Fsp3) is 0.944. The number of rotatable bonds is 2. The van der Waals surface area contributed by atoms with Gasteiger partial charge in [-0.05, 0) is 64.2 Å². The van der Waals surface area contributed by atoms with Crippen molar-refractivity contribution in [2.75, 3.05) is 13.1 Å². The van der Waals surface area contributed by atoms with E-state index in [9.17, 15) is 4.79 Å². The van der Waals surface area contributed by atoms with Crippen LogP contribution in [0.5, 0.6) is 0 Å². The first-order valence-electron chi connectivity index (χ1n) is 9.40. The molecule has 3 atom stereocenters. The maximum Gasteiger partial charge on any atom is 0.410 e. The van der Waals surface area contributed by atoms with Gasteiger partial charge >= 0.3 is 6.09 Å². The van der Waals surface area contributed by atoms with Crippen molar-refractivity contribution in [1.82, 2.24) is 4.90 Å². The summed E-state index contributed by atoms with van der Waals surface area (Å²) in [7, 11) is 0. The maximum atomic E-state index is 12.7. The molecule has 3 heterocycles. The van der Waals surface area contributed by atoms with Crippen LogP contribution < -0.4 is 0 Å². The minimum Gasteiger partial charge on any atom is -0.442 e. The van der Waals surface area contributed by atoms with Gasteiger partial charge in [0.25, 0.3) is 0 Å². The zero-order valence-corrected chi connectivity index (χ0v) is 13.6. The van der Waals surface area contributed by atoms with Gasteiger partial charge in [-0.1, -0.05) is 6.42 Å². The van der Waals surface area contributed by atoms with E-state index in [1.165, 1.54) is 38.5 Å². The summed E-state index contributed by atoms with van der Waals surface area (Å²) in [5.74, 6) is 0.445. The summed E-state index contributed by atoms with van der Waals surface area (Å²) in [5, 5.41) is 0. The highest BCUT2D eigenvalue weighted by Crippen LogP contribution is 2.50. The Hall–Kier alpha value is -0.770. The number of piperidine rings is 1. The van der Waals surface area contributed by atoms with Gasteiger partial charge in [0.15, 0.2) is 0 Å². The van der Waals surface area contributed by atoms with E-state index in [1.54, 1.807) is 0 Å². The summed E-state index contributed by atoms with van der Waals surface area (Å²) in [6.45, 7) is 1.75. The molecule has 3 saturated heterocycles. The molecule has 0 aromatic heterocycles. The molecule has 0 aromatic rings. The summed E-state index contributed by atoms with van der Waals surface area (Å²) < 4.78 is 12.3. The maximum absolute atomic E-state index is 12.7. The minimum atomic E-state index is -0.230. The molecule has 124 valence electrons. The minimum absolute atomic E-state index is 0.0515. The molecule has 1 aliphatic carbocycles. The van der Waals surface area contributed by atoms with Gasteiger partial charge in [0, 0.05) is 19.0 Å². The van der Waals surface area contributed by atoms with Crippen molar-refractivity contribution < 1.29 is 14.3 Å². The standard InChI is InChI=1S/C18H29NO3/c20-17(19-11-5-2-6-12-19)22-18(9-3-1-4-10-18)15-13-14-7-8-16(15)21-14/h14-16H,1-13H2. The first-order valence-corrected chi connectivity index (χ1v) is 9.40. The zero-order valence-electron chi connectivity index (χ0n) is 13.6. The van der Waals surface area contributed by atoms with Crippen LogP contribution in [-0.2, 0) is 9.47 Å². The smallest absolute Gasteiger partial charge is 0.410 e. The van der Waals surface area contributed by atoms with Crippen LogP contribution in [0.2, 0.25) is 0 Å². The fourth-order valence-electron chi connectivity index (χ4n) is 5.21. The largest absolute Gasteiger partial charge is 0.442 e. The molecule has 0 radical (unpaired) electrons. The molecule has 4 heteroatoms. The number of carbonyl (C=O) groups excluding carboxylic acids is 1. The molecule has 4 aliphatic rings. The van der Waals surface area contributed by atoms with Gasteiger partial charge in [-0.2, -0.15) is 0 Å². The van der Waals surface area contributed by atoms with Crippen molar-refractivity contribution in [2.45, 2.75) is 88.4 Å². The molecule has 0 N–H and O–H groups in total. The SMILES string of the molecule is O=C(OC1(C2CC3CCC2O3)CCCCC1)N1CCCCC1. The van der Waals surface area contributed by atoms with Crippen molar-refractivity contribution in [3.05, 3.63) is 0 Å². The number of amides is 1. The third kappa shape index (κ3) is 2.64. The third-order valence-electron chi connectivity index (χ3n) is 6.39. The first kappa shape index (κ1) is 14.8. The number of hydrogen-bond donors (Lipinski definition) is 0. The highest BCUT2D eigenvalue weighted by Gasteiger charge is 2.54. The van der Waals surface area contributed by atoms with Crippen LogP contribution in [-0.4, -0.2) is 41.9 Å². The van der Waals surface area contributed by atoms with Crippen molar-refractivity contribution in [3.8, 4) is 0 Å². The third-order valence-corrected chi connectivity index (χ3v) is 6.39. The lowest BCUT2D eigenvalue weighted by Gasteiger charge is -2.44. The average molecular weight is 307 g/mol. The molecular weight excluding hydrogens is 278 g/mol. The Morgan fingerprint density at radius 1 is 1.00 bits per heavy atom. The van der Waals surface area contributed by atoms with E-state index in [0.717, 1.165) is 45.2 Å². The number of fused-ring (bicyclic) bond motifs is 2. The van der Waals surface area contributed by atoms with Gasteiger partial charge in [-0.15, -0.1) is 0 Å².